The maximum atomic E-state index is 12.1. The summed E-state index contributed by atoms with van der Waals surface area (Å²) in [5.74, 6) is 3.16. The van der Waals surface area contributed by atoms with E-state index < -0.39 is 5.97 Å². The fourth-order valence-electron chi connectivity index (χ4n) is 15.4. The molecule has 8 heteroatoms. The molecular formula is C56H69I3O5. The first-order valence-electron chi connectivity index (χ1n) is 24.1. The highest BCUT2D eigenvalue weighted by molar-refractivity contribution is 15.0. The maximum absolute atomic E-state index is 12.1. The first-order valence-corrected chi connectivity index (χ1v) is 30.4. The number of allylic oxidation sites excluding steroid dienone is 8. The van der Waals surface area contributed by atoms with E-state index in [0.29, 0.717) is 70.0 Å². The van der Waals surface area contributed by atoms with Gasteiger partial charge >= 0.3 is 5.97 Å². The zero-order valence-corrected chi connectivity index (χ0v) is 45.5. The van der Waals surface area contributed by atoms with E-state index in [1.54, 1.807) is 23.3 Å². The van der Waals surface area contributed by atoms with Crippen LogP contribution in [0.4, 0.5) is 0 Å². The molecule has 2 aromatic carbocycles. The topological polar surface area (TPSA) is 88.5 Å². The first kappa shape index (κ1) is 50.0. The van der Waals surface area contributed by atoms with Gasteiger partial charge in [0.2, 0.25) is 0 Å². The van der Waals surface area contributed by atoms with Gasteiger partial charge in [-0.1, -0.05) is 102 Å². The van der Waals surface area contributed by atoms with E-state index >= 15 is 0 Å². The van der Waals surface area contributed by atoms with Crippen LogP contribution in [0, 0.1) is 45.3 Å². The van der Waals surface area contributed by atoms with Gasteiger partial charge in [-0.2, -0.15) is 0 Å². The van der Waals surface area contributed by atoms with Gasteiger partial charge in [-0.05, 0) is 180 Å². The molecule has 0 aliphatic heterocycles. The van der Waals surface area contributed by atoms with Gasteiger partial charge in [0.1, 0.15) is 6.29 Å². The number of carboxylic acid groups (broad SMARTS) is 1. The zero-order chi connectivity index (χ0) is 45.1. The summed E-state index contributed by atoms with van der Waals surface area (Å²) in [6, 6.07) is 16.0. The summed E-state index contributed by atoms with van der Waals surface area (Å²) >= 11 is 4.24. The second-order valence-electron chi connectivity index (χ2n) is 21.6. The van der Waals surface area contributed by atoms with Gasteiger partial charge in [0, 0.05) is 67.5 Å². The van der Waals surface area contributed by atoms with Crippen LogP contribution in [0.2, 0.25) is 0 Å². The molecule has 10 atom stereocenters. The van der Waals surface area contributed by atoms with Crippen LogP contribution in [0.5, 0.6) is 0 Å². The molecule has 1 N–H and O–H groups in total. The smallest absolute Gasteiger partial charge is 0.335 e. The number of rotatable bonds is 6. The Labute approximate surface area is 423 Å². The predicted octanol–water partition coefficient (Wildman–Crippen LogP) is 15.9. The van der Waals surface area contributed by atoms with Crippen LogP contribution >= 0.6 is 61.2 Å². The Kier molecular flexibility index (Phi) is 15.3. The molecular weight excluding hydrogens is 1130 g/mol. The summed E-state index contributed by atoms with van der Waals surface area (Å²) < 4.78 is 0. The van der Waals surface area contributed by atoms with Crippen LogP contribution in [0.25, 0.3) is 0 Å². The highest BCUT2D eigenvalue weighted by atomic mass is 128. The molecule has 0 radical (unpaired) electrons. The van der Waals surface area contributed by atoms with E-state index in [1.165, 1.54) is 84.8 Å². The number of fused-ring (bicyclic) bond motifs is 8. The number of halogens is 3. The molecule has 4 fully saturated rings. The highest BCUT2D eigenvalue weighted by Gasteiger charge is 2.62. The third-order valence-electron chi connectivity index (χ3n) is 19.6. The quantitative estimate of drug-likeness (QED) is 0.230. The number of ketones is 2. The monoisotopic (exact) mass is 1200 g/mol. The van der Waals surface area contributed by atoms with E-state index in [-0.39, 0.29) is 35.2 Å². The van der Waals surface area contributed by atoms with Crippen molar-refractivity contribution >= 4 is 85.0 Å². The summed E-state index contributed by atoms with van der Waals surface area (Å²) in [6.07, 6.45) is 22.4. The lowest BCUT2D eigenvalue weighted by molar-refractivity contribution is -0.115. The molecule has 8 aliphatic rings. The normalized spacial score (nSPS) is 35.8. The van der Waals surface area contributed by atoms with Gasteiger partial charge in [-0.3, -0.25) is 14.4 Å². The maximum Gasteiger partial charge on any atom is 0.335 e. The van der Waals surface area contributed by atoms with Gasteiger partial charge in [0.05, 0.1) is 5.56 Å². The fourth-order valence-corrected chi connectivity index (χ4v) is 15.4. The van der Waals surface area contributed by atoms with E-state index in [9.17, 15) is 24.3 Å². The number of carbonyl (C=O) groups excluding carboxylic acids is 3. The van der Waals surface area contributed by atoms with Crippen molar-refractivity contribution in [2.75, 3.05) is 0 Å². The summed E-state index contributed by atoms with van der Waals surface area (Å²) in [5.41, 5.74) is 13.9. The summed E-state index contributed by atoms with van der Waals surface area (Å²) in [4.78, 5) is 46.9. The van der Waals surface area contributed by atoms with Crippen molar-refractivity contribution in [2.24, 2.45) is 45.3 Å². The molecule has 0 aromatic heterocycles. The van der Waals surface area contributed by atoms with E-state index in [2.05, 4.69) is 90.9 Å². The summed E-state index contributed by atoms with van der Waals surface area (Å²) in [5, 5.41) is 9.37. The Bertz CT molecular complexity index is 2290. The van der Waals surface area contributed by atoms with Gasteiger partial charge in [0.25, 0.3) is 0 Å². The molecule has 5 nitrogen and oxygen atoms in total. The van der Waals surface area contributed by atoms with Crippen molar-refractivity contribution in [1.82, 2.24) is 0 Å². The number of carboxylic acids is 1. The summed E-state index contributed by atoms with van der Waals surface area (Å²) in [7, 11) is 0. The zero-order valence-electron chi connectivity index (χ0n) is 38.9. The second-order valence-corrected chi connectivity index (χ2v) is 21.6. The van der Waals surface area contributed by atoms with E-state index in [4.69, 9.17) is 0 Å². The molecule has 8 aliphatic carbocycles. The van der Waals surface area contributed by atoms with E-state index in [1.807, 2.05) is 36.4 Å². The van der Waals surface area contributed by atoms with Crippen molar-refractivity contribution < 1.29 is 24.3 Å². The van der Waals surface area contributed by atoms with Crippen LogP contribution in [0.15, 0.2) is 94.1 Å². The predicted molar refractivity (Wildman–Crippen MR) is 286 cm³/mol. The summed E-state index contributed by atoms with van der Waals surface area (Å²) in [6.45, 7) is 14.9. The van der Waals surface area contributed by atoms with Crippen LogP contribution in [-0.4, -0.2) is 28.9 Å². The Morgan fingerprint density at radius 1 is 0.641 bits per heavy atom. The van der Waals surface area contributed by atoms with Crippen molar-refractivity contribution in [3.8, 4) is 0 Å². The third-order valence-corrected chi connectivity index (χ3v) is 19.6. The molecule has 0 spiro atoms. The Morgan fingerprint density at radius 3 is 1.42 bits per heavy atom. The molecule has 0 bridgehead atoms. The average Bonchev–Trinajstić information content (AvgIpc) is 3.74. The molecule has 4 saturated carbocycles. The number of aromatic carboxylic acids is 1. The SMILES string of the molecule is CC[C@]1(C)CC[C@H]2[C@@H]3CCC4=CC(=O)CCC4=C3[C@@H](c3ccc(C(=O)O)cc3)C[C@@]21C.CC[C@]1(C)CC[C@H]2[C@@H]3CCC4=CC(=O)CCC4=C3[C@@H](c3ccc(C=O)cc3)C[C@@]21C.I.II. The highest BCUT2D eigenvalue weighted by Crippen LogP contribution is 2.72. The van der Waals surface area contributed by atoms with Gasteiger partial charge in [-0.15, -0.1) is 24.0 Å². The minimum Gasteiger partial charge on any atom is -0.478 e. The van der Waals surface area contributed by atoms with Crippen LogP contribution in [0.3, 0.4) is 0 Å². The third kappa shape index (κ3) is 8.39. The van der Waals surface area contributed by atoms with Gasteiger partial charge in [0.15, 0.2) is 11.6 Å². The number of hydrogen-bond donors (Lipinski definition) is 1. The lowest BCUT2D eigenvalue weighted by atomic mass is 9.49. The number of hydrogen-bond acceptors (Lipinski definition) is 4. The molecule has 2 aromatic rings. The van der Waals surface area contributed by atoms with Crippen molar-refractivity contribution in [2.45, 2.75) is 156 Å². The van der Waals surface area contributed by atoms with Crippen LogP contribution in [-0.2, 0) is 9.59 Å². The molecule has 0 saturated heterocycles. The molecule has 0 unspecified atom stereocenters. The Balaban J connectivity index is 0.000000182. The van der Waals surface area contributed by atoms with Crippen LogP contribution < -0.4 is 0 Å². The lowest BCUT2D eigenvalue weighted by Crippen LogP contribution is -2.46. The van der Waals surface area contributed by atoms with Gasteiger partial charge in [-0.25, -0.2) is 4.79 Å². The first-order chi connectivity index (χ1) is 30.2. The molecule has 0 heterocycles. The van der Waals surface area contributed by atoms with Crippen LogP contribution in [0.1, 0.15) is 188 Å². The minimum atomic E-state index is -0.870. The standard InChI is InChI=1S/C28H34O3.C28H34O2.I2.HI/c1-4-27(2)14-13-24-22-11-9-19-15-20(29)10-12-21(19)25(22)23(16-28(24,27)3)17-5-7-18(8-6-17)26(30)31;1-4-27(2)14-13-25-23-11-9-20-15-21(30)10-12-22(20)26(23)24(16-28(25,27)3)19-7-5-18(17-29)6-8-19;1-2;/h5-8,15,22-24H,4,9-14,16H2,1-3H3,(H,30,31);5-8,15,17,23-25H,4,9-14,16H2,1-3H3;;1H/t22-,23+,24-,27+,28-;23-,24+,25-,27+,28-;;/m00../s1. The largest absolute Gasteiger partial charge is 0.478 e. The number of aldehydes is 1. The number of carbonyl (C=O) groups is 4. The fraction of sp³-hybridized carbons (Fsp3) is 0.571. The molecule has 0 amide bonds. The molecule has 10 rings (SSSR count). The van der Waals surface area contributed by atoms with Crippen molar-refractivity contribution in [3.05, 3.63) is 116 Å². The Morgan fingerprint density at radius 2 is 1.05 bits per heavy atom. The molecule has 344 valence electrons. The average molecular weight is 1200 g/mol. The lowest BCUT2D eigenvalue weighted by Gasteiger charge is -2.55. The minimum absolute atomic E-state index is 0. The van der Waals surface area contributed by atoms with Gasteiger partial charge < -0.3 is 5.11 Å². The van der Waals surface area contributed by atoms with Crippen molar-refractivity contribution in [3.63, 3.8) is 0 Å². The van der Waals surface area contributed by atoms with Crippen molar-refractivity contribution in [1.29, 1.82) is 0 Å². The Hall–Kier alpha value is -1.93. The molecule has 64 heavy (non-hydrogen) atoms. The van der Waals surface area contributed by atoms with E-state index in [0.717, 1.165) is 56.3 Å². The second kappa shape index (κ2) is 19.6. The number of benzene rings is 2.